The number of aromatic amines is 1. The predicted molar refractivity (Wildman–Crippen MR) is 59.8 cm³/mol. The van der Waals surface area contributed by atoms with Gasteiger partial charge in [-0.1, -0.05) is 32.9 Å². The van der Waals surface area contributed by atoms with Crippen molar-refractivity contribution in [3.8, 4) is 0 Å². The Morgan fingerprint density at radius 1 is 1.25 bits per heavy atom. The third-order valence-electron chi connectivity index (χ3n) is 2.67. The maximum atomic E-state index is 12.6. The van der Waals surface area contributed by atoms with Crippen LogP contribution in [0.3, 0.4) is 0 Å². The molecule has 0 unspecified atom stereocenters. The monoisotopic (exact) mass is 224 g/mol. The highest BCUT2D eigenvalue weighted by molar-refractivity contribution is 5.82. The van der Waals surface area contributed by atoms with Gasteiger partial charge < -0.3 is 0 Å². The molecule has 0 atom stereocenters. The van der Waals surface area contributed by atoms with Crippen LogP contribution in [0.25, 0.3) is 10.9 Å². The summed E-state index contributed by atoms with van der Waals surface area (Å²) in [5.74, 6) is 0. The molecule has 0 aliphatic carbocycles. The van der Waals surface area contributed by atoms with Gasteiger partial charge in [-0.05, 0) is 17.0 Å². The van der Waals surface area contributed by atoms with Gasteiger partial charge >= 0.3 is 0 Å². The molecule has 86 valence electrons. The molecule has 4 heteroatoms. The Balaban J connectivity index is 2.58. The van der Waals surface area contributed by atoms with Gasteiger partial charge in [0, 0.05) is 5.39 Å². The summed E-state index contributed by atoms with van der Waals surface area (Å²) in [5, 5.41) is 6.80. The first-order valence-corrected chi connectivity index (χ1v) is 5.16. The third kappa shape index (κ3) is 1.79. The molecule has 0 fully saturated rings. The van der Waals surface area contributed by atoms with E-state index in [9.17, 15) is 8.78 Å². The molecule has 0 saturated carbocycles. The molecule has 0 saturated heterocycles. The Bertz CT molecular complexity index is 509. The van der Waals surface area contributed by atoms with Crippen LogP contribution < -0.4 is 0 Å². The van der Waals surface area contributed by atoms with Gasteiger partial charge in [-0.2, -0.15) is 5.10 Å². The Morgan fingerprint density at radius 3 is 2.50 bits per heavy atom. The number of nitrogens with zero attached hydrogens (tertiary/aromatic N) is 1. The van der Waals surface area contributed by atoms with Crippen LogP contribution in [0.4, 0.5) is 8.78 Å². The molecule has 0 spiro atoms. The van der Waals surface area contributed by atoms with Gasteiger partial charge in [0.25, 0.3) is 6.43 Å². The number of alkyl halides is 2. The molecule has 1 N–H and O–H groups in total. The van der Waals surface area contributed by atoms with E-state index < -0.39 is 6.43 Å². The normalized spacial score (nSPS) is 12.6. The molecule has 16 heavy (non-hydrogen) atoms. The first-order valence-electron chi connectivity index (χ1n) is 5.16. The summed E-state index contributed by atoms with van der Waals surface area (Å²) in [4.78, 5) is 0. The van der Waals surface area contributed by atoms with Crippen molar-refractivity contribution in [1.29, 1.82) is 0 Å². The zero-order valence-corrected chi connectivity index (χ0v) is 9.51. The van der Waals surface area contributed by atoms with Crippen molar-refractivity contribution in [3.63, 3.8) is 0 Å². The summed E-state index contributed by atoms with van der Waals surface area (Å²) in [7, 11) is 0. The molecule has 2 rings (SSSR count). The van der Waals surface area contributed by atoms with Crippen molar-refractivity contribution in [2.45, 2.75) is 32.6 Å². The minimum Gasteiger partial charge on any atom is -0.276 e. The number of halogens is 2. The third-order valence-corrected chi connectivity index (χ3v) is 2.67. The number of hydrogen-bond donors (Lipinski definition) is 1. The van der Waals surface area contributed by atoms with Crippen molar-refractivity contribution in [3.05, 3.63) is 29.5 Å². The summed E-state index contributed by atoms with van der Waals surface area (Å²) in [5.41, 5.74) is 1.59. The first-order chi connectivity index (χ1) is 7.39. The van der Waals surface area contributed by atoms with Gasteiger partial charge in [-0.3, -0.25) is 5.10 Å². The first kappa shape index (κ1) is 11.0. The van der Waals surface area contributed by atoms with Crippen LogP contribution in [0, 0.1) is 0 Å². The molecule has 0 aliphatic heterocycles. The van der Waals surface area contributed by atoms with E-state index in [2.05, 4.69) is 31.0 Å². The molecule has 2 aromatic rings. The maximum Gasteiger partial charge on any atom is 0.280 e. The lowest BCUT2D eigenvalue weighted by atomic mass is 9.86. The van der Waals surface area contributed by atoms with Crippen LogP contribution in [0.15, 0.2) is 18.2 Å². The summed E-state index contributed by atoms with van der Waals surface area (Å²) in [6, 6.07) is 5.45. The number of H-pyrrole nitrogens is 1. The van der Waals surface area contributed by atoms with Crippen molar-refractivity contribution < 1.29 is 8.78 Å². The maximum absolute atomic E-state index is 12.6. The predicted octanol–water partition coefficient (Wildman–Crippen LogP) is 3.80. The number of aromatic nitrogens is 2. The number of benzene rings is 1. The van der Waals surface area contributed by atoms with E-state index >= 15 is 0 Å². The summed E-state index contributed by atoms with van der Waals surface area (Å²) in [6.45, 7) is 6.23. The second kappa shape index (κ2) is 3.54. The van der Waals surface area contributed by atoms with E-state index in [1.807, 2.05) is 12.1 Å². The fourth-order valence-electron chi connectivity index (χ4n) is 1.67. The molecule has 0 radical (unpaired) electrons. The van der Waals surface area contributed by atoms with Crippen molar-refractivity contribution >= 4 is 10.9 Å². The van der Waals surface area contributed by atoms with Gasteiger partial charge in [-0.15, -0.1) is 0 Å². The zero-order valence-electron chi connectivity index (χ0n) is 9.51. The second-order valence-corrected chi connectivity index (χ2v) is 4.92. The number of rotatable bonds is 1. The minimum absolute atomic E-state index is 0.00185. The molecule has 0 aliphatic rings. The summed E-state index contributed by atoms with van der Waals surface area (Å²) >= 11 is 0. The van der Waals surface area contributed by atoms with Gasteiger partial charge in [0.2, 0.25) is 0 Å². The lowest BCUT2D eigenvalue weighted by molar-refractivity contribution is 0.147. The van der Waals surface area contributed by atoms with E-state index in [0.717, 1.165) is 5.56 Å². The van der Waals surface area contributed by atoms with Gasteiger partial charge in [0.1, 0.15) is 5.69 Å². The van der Waals surface area contributed by atoms with Crippen LogP contribution in [-0.4, -0.2) is 10.2 Å². The number of hydrogen-bond acceptors (Lipinski definition) is 1. The van der Waals surface area contributed by atoms with Crippen LogP contribution in [0.5, 0.6) is 0 Å². The van der Waals surface area contributed by atoms with Crippen LogP contribution >= 0.6 is 0 Å². The highest BCUT2D eigenvalue weighted by atomic mass is 19.3. The topological polar surface area (TPSA) is 28.7 Å². The second-order valence-electron chi connectivity index (χ2n) is 4.92. The molecule has 0 bridgehead atoms. The Kier molecular flexibility index (Phi) is 2.45. The van der Waals surface area contributed by atoms with Crippen molar-refractivity contribution in [1.82, 2.24) is 10.2 Å². The van der Waals surface area contributed by atoms with E-state index in [0.29, 0.717) is 10.9 Å². The van der Waals surface area contributed by atoms with E-state index in [1.165, 1.54) is 0 Å². The fraction of sp³-hybridized carbons (Fsp3) is 0.417. The minimum atomic E-state index is -2.51. The fourth-order valence-corrected chi connectivity index (χ4v) is 1.67. The quantitative estimate of drug-likeness (QED) is 0.784. The SMILES string of the molecule is CC(C)(C)c1ccc2c(C(F)F)[nH]nc2c1. The van der Waals surface area contributed by atoms with Crippen LogP contribution in [0.1, 0.15) is 38.5 Å². The summed E-state index contributed by atoms with van der Waals surface area (Å²) < 4.78 is 25.2. The lowest BCUT2D eigenvalue weighted by Crippen LogP contribution is -2.10. The number of fused-ring (bicyclic) bond motifs is 1. The smallest absolute Gasteiger partial charge is 0.276 e. The van der Waals surface area contributed by atoms with Gasteiger partial charge in [0.15, 0.2) is 0 Å². The molecular weight excluding hydrogens is 210 g/mol. The number of nitrogens with one attached hydrogen (secondary N) is 1. The van der Waals surface area contributed by atoms with E-state index in [-0.39, 0.29) is 11.1 Å². The molecule has 1 aromatic heterocycles. The zero-order chi connectivity index (χ0) is 11.9. The Labute approximate surface area is 92.7 Å². The average molecular weight is 224 g/mol. The lowest BCUT2D eigenvalue weighted by Gasteiger charge is -2.18. The molecule has 1 heterocycles. The van der Waals surface area contributed by atoms with E-state index in [1.54, 1.807) is 6.07 Å². The average Bonchev–Trinajstić information content (AvgIpc) is 2.58. The standard InChI is InChI=1S/C12H14F2N2/c1-12(2,3)7-4-5-8-9(6-7)15-16-10(8)11(13)14/h4-6,11H,1-3H3,(H,15,16). The van der Waals surface area contributed by atoms with Crippen molar-refractivity contribution in [2.75, 3.05) is 0 Å². The molecular formula is C12H14F2N2. The molecule has 2 nitrogen and oxygen atoms in total. The van der Waals surface area contributed by atoms with Crippen LogP contribution in [-0.2, 0) is 5.41 Å². The molecule has 0 amide bonds. The van der Waals surface area contributed by atoms with Gasteiger partial charge in [0.05, 0.1) is 5.52 Å². The Hall–Kier alpha value is -1.45. The van der Waals surface area contributed by atoms with E-state index in [4.69, 9.17) is 0 Å². The van der Waals surface area contributed by atoms with Gasteiger partial charge in [-0.25, -0.2) is 8.78 Å². The molecule has 1 aromatic carbocycles. The largest absolute Gasteiger partial charge is 0.280 e. The van der Waals surface area contributed by atoms with Crippen LogP contribution in [0.2, 0.25) is 0 Å². The highest BCUT2D eigenvalue weighted by Crippen LogP contribution is 2.29. The van der Waals surface area contributed by atoms with Crippen molar-refractivity contribution in [2.24, 2.45) is 0 Å². The highest BCUT2D eigenvalue weighted by Gasteiger charge is 2.18. The summed E-state index contributed by atoms with van der Waals surface area (Å²) in [6.07, 6.45) is -2.51. The Morgan fingerprint density at radius 2 is 1.94 bits per heavy atom.